The van der Waals surface area contributed by atoms with E-state index in [-0.39, 0.29) is 6.10 Å². The van der Waals surface area contributed by atoms with Gasteiger partial charge < -0.3 is 16.2 Å². The van der Waals surface area contributed by atoms with E-state index in [4.69, 9.17) is 16.2 Å². The molecule has 0 aliphatic heterocycles. The van der Waals surface area contributed by atoms with E-state index in [1.165, 1.54) is 0 Å². The summed E-state index contributed by atoms with van der Waals surface area (Å²) in [6, 6.07) is 15.4. The van der Waals surface area contributed by atoms with Crippen LogP contribution in [0.2, 0.25) is 0 Å². The Balaban J connectivity index is 2.40. The van der Waals surface area contributed by atoms with Crippen molar-refractivity contribution < 1.29 is 4.74 Å². The highest BCUT2D eigenvalue weighted by atomic mass is 16.5. The van der Waals surface area contributed by atoms with Crippen molar-refractivity contribution in [1.29, 1.82) is 0 Å². The van der Waals surface area contributed by atoms with E-state index in [0.29, 0.717) is 0 Å². The Hall–Kier alpha value is -2.00. The summed E-state index contributed by atoms with van der Waals surface area (Å²) >= 11 is 0. The van der Waals surface area contributed by atoms with E-state index in [1.54, 1.807) is 7.11 Å². The largest absolute Gasteiger partial charge is 0.399 e. The quantitative estimate of drug-likeness (QED) is 0.794. The molecule has 0 aliphatic carbocycles. The summed E-state index contributed by atoms with van der Waals surface area (Å²) in [5.74, 6) is 0. The lowest BCUT2D eigenvalue weighted by molar-refractivity contribution is 0.136. The third-order valence-electron chi connectivity index (χ3n) is 2.66. The van der Waals surface area contributed by atoms with E-state index >= 15 is 0 Å². The second-order valence-corrected chi connectivity index (χ2v) is 3.96. The molecule has 4 N–H and O–H groups in total. The fourth-order valence-electron chi connectivity index (χ4n) is 1.91. The molecule has 3 nitrogen and oxygen atoms in total. The van der Waals surface area contributed by atoms with Crippen LogP contribution in [0.15, 0.2) is 48.5 Å². The van der Waals surface area contributed by atoms with E-state index in [0.717, 1.165) is 22.5 Å². The number of hydrogen-bond acceptors (Lipinski definition) is 3. The van der Waals surface area contributed by atoms with Crippen molar-refractivity contribution in [3.63, 3.8) is 0 Å². The third-order valence-corrected chi connectivity index (χ3v) is 2.66. The monoisotopic (exact) mass is 228 g/mol. The molecule has 0 amide bonds. The maximum Gasteiger partial charge on any atom is 0.107 e. The molecular formula is C14H16N2O. The maximum atomic E-state index is 5.78. The number of hydrogen-bond donors (Lipinski definition) is 2. The van der Waals surface area contributed by atoms with Crippen molar-refractivity contribution in [2.75, 3.05) is 18.6 Å². The van der Waals surface area contributed by atoms with Gasteiger partial charge in [0.25, 0.3) is 0 Å². The molecule has 0 aliphatic rings. The first kappa shape index (κ1) is 11.5. The van der Waals surface area contributed by atoms with Gasteiger partial charge in [0.2, 0.25) is 0 Å². The Morgan fingerprint density at radius 2 is 1.35 bits per heavy atom. The van der Waals surface area contributed by atoms with Gasteiger partial charge in [-0.2, -0.15) is 0 Å². The maximum absolute atomic E-state index is 5.78. The molecule has 0 saturated carbocycles. The molecular weight excluding hydrogens is 212 g/mol. The summed E-state index contributed by atoms with van der Waals surface area (Å²) in [6.07, 6.45) is -0.137. The van der Waals surface area contributed by atoms with Crippen LogP contribution in [0.25, 0.3) is 0 Å². The minimum Gasteiger partial charge on any atom is -0.399 e. The first-order chi connectivity index (χ1) is 8.20. The van der Waals surface area contributed by atoms with Gasteiger partial charge in [0.15, 0.2) is 0 Å². The van der Waals surface area contributed by atoms with Crippen LogP contribution in [0, 0.1) is 0 Å². The zero-order chi connectivity index (χ0) is 12.3. The van der Waals surface area contributed by atoms with Crippen LogP contribution >= 0.6 is 0 Å². The summed E-state index contributed by atoms with van der Waals surface area (Å²) in [5, 5.41) is 0. The van der Waals surface area contributed by atoms with Crippen LogP contribution in [-0.4, -0.2) is 7.11 Å². The van der Waals surface area contributed by atoms with Crippen LogP contribution in [-0.2, 0) is 4.74 Å². The number of nitrogen functional groups attached to an aromatic ring is 2. The first-order valence-electron chi connectivity index (χ1n) is 5.44. The lowest BCUT2D eigenvalue weighted by Crippen LogP contribution is -2.04. The number of methoxy groups -OCH3 is 1. The standard InChI is InChI=1S/C14H16N2O/c1-17-14(10-4-2-6-12(15)8-10)11-5-3-7-13(16)9-11/h2-9,14H,15-16H2,1H3. The van der Waals surface area contributed by atoms with Crippen molar-refractivity contribution in [3.8, 4) is 0 Å². The average Bonchev–Trinajstić information content (AvgIpc) is 2.30. The zero-order valence-corrected chi connectivity index (χ0v) is 9.76. The second-order valence-electron chi connectivity index (χ2n) is 3.96. The summed E-state index contributed by atoms with van der Waals surface area (Å²) in [5.41, 5.74) is 15.1. The highest BCUT2D eigenvalue weighted by Crippen LogP contribution is 2.27. The first-order valence-corrected chi connectivity index (χ1v) is 5.44. The van der Waals surface area contributed by atoms with Gasteiger partial charge in [0.05, 0.1) is 0 Å². The molecule has 0 bridgehead atoms. The zero-order valence-electron chi connectivity index (χ0n) is 9.76. The Morgan fingerprint density at radius 1 is 0.882 bits per heavy atom. The smallest absolute Gasteiger partial charge is 0.107 e. The van der Waals surface area contributed by atoms with Gasteiger partial charge in [-0.3, -0.25) is 0 Å². The lowest BCUT2D eigenvalue weighted by atomic mass is 10.0. The molecule has 0 unspecified atom stereocenters. The highest BCUT2D eigenvalue weighted by Gasteiger charge is 2.13. The minimum atomic E-state index is -0.137. The summed E-state index contributed by atoms with van der Waals surface area (Å²) in [7, 11) is 1.68. The van der Waals surface area contributed by atoms with Gasteiger partial charge >= 0.3 is 0 Å². The predicted octanol–water partition coefficient (Wildman–Crippen LogP) is 2.59. The molecule has 17 heavy (non-hydrogen) atoms. The molecule has 88 valence electrons. The van der Waals surface area contributed by atoms with Gasteiger partial charge in [0, 0.05) is 18.5 Å². The molecule has 3 heteroatoms. The lowest BCUT2D eigenvalue weighted by Gasteiger charge is -2.17. The van der Waals surface area contributed by atoms with Crippen LogP contribution in [0.1, 0.15) is 17.2 Å². The van der Waals surface area contributed by atoms with Gasteiger partial charge in [0.1, 0.15) is 6.10 Å². The average molecular weight is 228 g/mol. The molecule has 2 aromatic rings. The molecule has 2 rings (SSSR count). The fourth-order valence-corrected chi connectivity index (χ4v) is 1.91. The van der Waals surface area contributed by atoms with Gasteiger partial charge in [-0.15, -0.1) is 0 Å². The molecule has 0 aromatic heterocycles. The molecule has 0 fully saturated rings. The van der Waals surface area contributed by atoms with Crippen molar-refractivity contribution >= 4 is 11.4 Å². The topological polar surface area (TPSA) is 61.3 Å². The normalized spacial score (nSPS) is 10.7. The van der Waals surface area contributed by atoms with Crippen LogP contribution < -0.4 is 11.5 Å². The Labute approximate surface area is 101 Å². The highest BCUT2D eigenvalue weighted by molar-refractivity contribution is 5.47. The van der Waals surface area contributed by atoms with Gasteiger partial charge in [-0.05, 0) is 35.4 Å². The minimum absolute atomic E-state index is 0.137. The Bertz CT molecular complexity index is 466. The number of ether oxygens (including phenoxy) is 1. The predicted molar refractivity (Wildman–Crippen MR) is 70.6 cm³/mol. The number of benzene rings is 2. The third kappa shape index (κ3) is 2.57. The van der Waals surface area contributed by atoms with Gasteiger partial charge in [-0.25, -0.2) is 0 Å². The summed E-state index contributed by atoms with van der Waals surface area (Å²) < 4.78 is 5.52. The number of anilines is 2. The van der Waals surface area contributed by atoms with Crippen molar-refractivity contribution in [1.82, 2.24) is 0 Å². The van der Waals surface area contributed by atoms with Crippen molar-refractivity contribution in [2.45, 2.75) is 6.10 Å². The molecule has 0 atom stereocenters. The Morgan fingerprint density at radius 3 is 1.71 bits per heavy atom. The van der Waals surface area contributed by atoms with E-state index in [2.05, 4.69) is 0 Å². The van der Waals surface area contributed by atoms with E-state index in [9.17, 15) is 0 Å². The number of rotatable bonds is 3. The van der Waals surface area contributed by atoms with E-state index in [1.807, 2.05) is 48.5 Å². The van der Waals surface area contributed by atoms with Crippen LogP contribution in [0.4, 0.5) is 11.4 Å². The number of nitrogens with two attached hydrogens (primary N) is 2. The van der Waals surface area contributed by atoms with Gasteiger partial charge in [-0.1, -0.05) is 24.3 Å². The fraction of sp³-hybridized carbons (Fsp3) is 0.143. The molecule has 0 radical (unpaired) electrons. The van der Waals surface area contributed by atoms with Crippen LogP contribution in [0.5, 0.6) is 0 Å². The van der Waals surface area contributed by atoms with Crippen LogP contribution in [0.3, 0.4) is 0 Å². The molecule has 0 saturated heterocycles. The van der Waals surface area contributed by atoms with Crippen molar-refractivity contribution in [3.05, 3.63) is 59.7 Å². The molecule has 2 aromatic carbocycles. The molecule has 0 spiro atoms. The summed E-state index contributed by atoms with van der Waals surface area (Å²) in [4.78, 5) is 0. The molecule has 0 heterocycles. The van der Waals surface area contributed by atoms with E-state index < -0.39 is 0 Å². The van der Waals surface area contributed by atoms with Crippen molar-refractivity contribution in [2.24, 2.45) is 0 Å². The second kappa shape index (κ2) is 4.89. The summed E-state index contributed by atoms with van der Waals surface area (Å²) in [6.45, 7) is 0. The SMILES string of the molecule is COC(c1cccc(N)c1)c1cccc(N)c1. The Kier molecular flexibility index (Phi) is 3.30.